The average molecular weight is 357 g/mol. The second-order valence-electron chi connectivity index (χ2n) is 4.70. The molecule has 2 rings (SSSR count). The van der Waals surface area contributed by atoms with Gasteiger partial charge in [0, 0.05) is 5.38 Å². The zero-order chi connectivity index (χ0) is 17.6. The van der Waals surface area contributed by atoms with Gasteiger partial charge in [0.1, 0.15) is 0 Å². The normalized spacial score (nSPS) is 11.8. The monoisotopic (exact) mass is 357 g/mol. The number of nitrogens with zero attached hydrogens (tertiary/aromatic N) is 3. The van der Waals surface area contributed by atoms with E-state index in [1.807, 2.05) is 0 Å². The van der Waals surface area contributed by atoms with E-state index in [4.69, 9.17) is 4.74 Å². The van der Waals surface area contributed by atoms with E-state index in [0.717, 1.165) is 12.1 Å². The molecule has 0 bridgehead atoms. The van der Waals surface area contributed by atoms with Crippen LogP contribution < -0.4 is 0 Å². The first-order valence-corrected chi connectivity index (χ1v) is 7.90. The summed E-state index contributed by atoms with van der Waals surface area (Å²) in [6, 6.07) is 4.73. The van der Waals surface area contributed by atoms with E-state index in [9.17, 15) is 18.0 Å². The van der Waals surface area contributed by atoms with Crippen molar-refractivity contribution in [3.8, 4) is 0 Å². The van der Waals surface area contributed by atoms with Crippen molar-refractivity contribution in [1.82, 2.24) is 4.98 Å². The number of alkyl halides is 3. The van der Waals surface area contributed by atoms with Crippen LogP contribution in [0, 0.1) is 0 Å². The number of rotatable bonds is 6. The first-order chi connectivity index (χ1) is 11.4. The maximum absolute atomic E-state index is 12.5. The Morgan fingerprint density at radius 3 is 2.62 bits per heavy atom. The Labute approximate surface area is 140 Å². The Hall–Kier alpha value is -2.29. The van der Waals surface area contributed by atoms with Crippen molar-refractivity contribution in [3.05, 3.63) is 46.5 Å². The highest BCUT2D eigenvalue weighted by Gasteiger charge is 2.29. The van der Waals surface area contributed by atoms with Crippen molar-refractivity contribution in [3.63, 3.8) is 0 Å². The Balaban J connectivity index is 1.90. The minimum Gasteiger partial charge on any atom is -0.466 e. The lowest BCUT2D eigenvalue weighted by atomic mass is 10.1. The summed E-state index contributed by atoms with van der Waals surface area (Å²) in [5, 5.41) is 9.87. The van der Waals surface area contributed by atoms with Crippen molar-refractivity contribution in [2.75, 3.05) is 6.61 Å². The number of aromatic nitrogens is 1. The molecule has 0 fully saturated rings. The minimum atomic E-state index is -4.35. The van der Waals surface area contributed by atoms with E-state index < -0.39 is 11.7 Å². The number of ether oxygens (including phenoxy) is 1. The van der Waals surface area contributed by atoms with Gasteiger partial charge in [-0.1, -0.05) is 12.1 Å². The number of thiazole rings is 1. The van der Waals surface area contributed by atoms with Gasteiger partial charge in [-0.2, -0.15) is 18.3 Å². The van der Waals surface area contributed by atoms with Crippen molar-refractivity contribution < 1.29 is 22.7 Å². The van der Waals surface area contributed by atoms with E-state index in [1.165, 1.54) is 23.5 Å². The SMILES string of the molecule is CCOC(=O)Cc1csc(N=NCc2ccc(C(F)(F)F)cc2)n1. The van der Waals surface area contributed by atoms with Crippen LogP contribution >= 0.6 is 11.3 Å². The molecule has 0 unspecified atom stereocenters. The number of benzene rings is 1. The molecule has 2 aromatic rings. The summed E-state index contributed by atoms with van der Waals surface area (Å²) in [6.45, 7) is 2.17. The maximum atomic E-state index is 12.5. The third kappa shape index (κ3) is 5.41. The fourth-order valence-corrected chi connectivity index (χ4v) is 2.41. The molecule has 0 aliphatic heterocycles. The Morgan fingerprint density at radius 1 is 1.29 bits per heavy atom. The number of carbonyl (C=O) groups excluding carboxylic acids is 1. The van der Waals surface area contributed by atoms with Crippen molar-refractivity contribution in [1.29, 1.82) is 0 Å². The van der Waals surface area contributed by atoms with E-state index in [0.29, 0.717) is 23.0 Å². The topological polar surface area (TPSA) is 63.9 Å². The zero-order valence-electron chi connectivity index (χ0n) is 12.7. The minimum absolute atomic E-state index is 0.0682. The summed E-state index contributed by atoms with van der Waals surface area (Å²) in [4.78, 5) is 15.4. The van der Waals surface area contributed by atoms with Crippen LogP contribution in [0.4, 0.5) is 18.3 Å². The molecule has 0 saturated carbocycles. The molecule has 5 nitrogen and oxygen atoms in total. The number of hydrogen-bond acceptors (Lipinski definition) is 6. The summed E-state index contributed by atoms with van der Waals surface area (Å²) >= 11 is 1.22. The molecule has 1 heterocycles. The second-order valence-corrected chi connectivity index (χ2v) is 5.53. The lowest BCUT2D eigenvalue weighted by Crippen LogP contribution is -2.07. The number of halogens is 3. The summed E-state index contributed by atoms with van der Waals surface area (Å²) in [6.07, 6.45) is -4.28. The lowest BCUT2D eigenvalue weighted by Gasteiger charge is -2.06. The number of carbonyl (C=O) groups is 1. The van der Waals surface area contributed by atoms with Gasteiger partial charge >= 0.3 is 12.1 Å². The molecule has 0 N–H and O–H groups in total. The van der Waals surface area contributed by atoms with E-state index in [1.54, 1.807) is 12.3 Å². The molecule has 0 radical (unpaired) electrons. The second kappa shape index (κ2) is 8.00. The number of azo groups is 1. The molecule has 0 spiro atoms. The van der Waals surface area contributed by atoms with Crippen LogP contribution in [0.1, 0.15) is 23.7 Å². The summed E-state index contributed by atoms with van der Waals surface area (Å²) in [7, 11) is 0. The van der Waals surface area contributed by atoms with Crippen LogP contribution in [0.2, 0.25) is 0 Å². The predicted octanol–water partition coefficient (Wildman–Crippen LogP) is 4.55. The number of hydrogen-bond donors (Lipinski definition) is 0. The summed E-state index contributed by atoms with van der Waals surface area (Å²) < 4.78 is 42.2. The molecular formula is C15H14F3N3O2S. The predicted molar refractivity (Wildman–Crippen MR) is 82.1 cm³/mol. The molecule has 0 amide bonds. The highest BCUT2D eigenvalue weighted by Crippen LogP contribution is 2.29. The Kier molecular flexibility index (Phi) is 6.02. The van der Waals surface area contributed by atoms with Crippen molar-refractivity contribution in [2.45, 2.75) is 26.1 Å². The molecule has 0 atom stereocenters. The molecule has 1 aromatic carbocycles. The zero-order valence-corrected chi connectivity index (χ0v) is 13.5. The maximum Gasteiger partial charge on any atom is 0.416 e. The van der Waals surface area contributed by atoms with Gasteiger partial charge in [0.15, 0.2) is 0 Å². The smallest absolute Gasteiger partial charge is 0.416 e. The fraction of sp³-hybridized carbons (Fsp3) is 0.333. The molecule has 9 heteroatoms. The number of esters is 1. The Morgan fingerprint density at radius 2 is 2.00 bits per heavy atom. The summed E-state index contributed by atoms with van der Waals surface area (Å²) in [5.41, 5.74) is 0.448. The van der Waals surface area contributed by atoms with Gasteiger partial charge in [-0.3, -0.25) is 4.79 Å². The molecule has 0 aliphatic carbocycles. The van der Waals surface area contributed by atoms with Gasteiger partial charge < -0.3 is 4.74 Å². The molecular weight excluding hydrogens is 343 g/mol. The standard InChI is InChI=1S/C15H14F3N3O2S/c1-2-23-13(22)7-12-9-24-14(20-12)21-19-8-10-3-5-11(6-4-10)15(16,17)18/h3-6,9H,2,7-8H2,1H3. The van der Waals surface area contributed by atoms with Crippen molar-refractivity contribution in [2.24, 2.45) is 10.2 Å². The van der Waals surface area contributed by atoms with Gasteiger partial charge in [-0.05, 0) is 24.6 Å². The van der Waals surface area contributed by atoms with Gasteiger partial charge in [-0.15, -0.1) is 16.5 Å². The third-order valence-electron chi connectivity index (χ3n) is 2.86. The highest BCUT2D eigenvalue weighted by molar-refractivity contribution is 7.13. The van der Waals surface area contributed by atoms with Crippen molar-refractivity contribution >= 4 is 22.4 Å². The Bertz CT molecular complexity index is 711. The van der Waals surface area contributed by atoms with Crippen LogP contribution in [0.3, 0.4) is 0 Å². The highest BCUT2D eigenvalue weighted by atomic mass is 32.1. The summed E-state index contributed by atoms with van der Waals surface area (Å²) in [5.74, 6) is -0.365. The van der Waals surface area contributed by atoms with Crippen LogP contribution in [-0.2, 0) is 28.7 Å². The largest absolute Gasteiger partial charge is 0.466 e. The fourth-order valence-electron chi connectivity index (χ4n) is 1.76. The van der Waals surface area contributed by atoms with Gasteiger partial charge in [0.05, 0.1) is 30.8 Å². The molecule has 24 heavy (non-hydrogen) atoms. The molecule has 128 valence electrons. The molecule has 0 saturated heterocycles. The van der Waals surface area contributed by atoms with E-state index in [-0.39, 0.29) is 18.9 Å². The van der Waals surface area contributed by atoms with Gasteiger partial charge in [0.25, 0.3) is 0 Å². The van der Waals surface area contributed by atoms with E-state index >= 15 is 0 Å². The first kappa shape index (κ1) is 18.1. The van der Waals surface area contributed by atoms with Gasteiger partial charge in [-0.25, -0.2) is 4.98 Å². The lowest BCUT2D eigenvalue weighted by molar-refractivity contribution is -0.142. The first-order valence-electron chi connectivity index (χ1n) is 7.02. The quantitative estimate of drug-likeness (QED) is 0.563. The van der Waals surface area contributed by atoms with Gasteiger partial charge in [0.2, 0.25) is 5.13 Å². The average Bonchev–Trinajstić information content (AvgIpc) is 2.94. The van der Waals surface area contributed by atoms with Crippen LogP contribution in [-0.4, -0.2) is 17.6 Å². The third-order valence-corrected chi connectivity index (χ3v) is 3.63. The van der Waals surface area contributed by atoms with Crippen LogP contribution in [0.15, 0.2) is 39.9 Å². The van der Waals surface area contributed by atoms with Crippen LogP contribution in [0.25, 0.3) is 0 Å². The van der Waals surface area contributed by atoms with Crippen LogP contribution in [0.5, 0.6) is 0 Å². The van der Waals surface area contributed by atoms with E-state index in [2.05, 4.69) is 15.2 Å². The molecule has 0 aliphatic rings. The molecule has 1 aromatic heterocycles.